The largest absolute Gasteiger partial charge is 0.497 e. The number of rotatable bonds is 5. The van der Waals surface area contributed by atoms with Crippen LogP contribution in [0.2, 0.25) is 5.02 Å². The van der Waals surface area contributed by atoms with Crippen LogP contribution in [0.25, 0.3) is 0 Å². The van der Waals surface area contributed by atoms with Crippen LogP contribution in [0.15, 0.2) is 18.2 Å². The molecule has 1 rings (SSSR count). The molecule has 4 heteroatoms. The minimum Gasteiger partial charge on any atom is -0.497 e. The van der Waals surface area contributed by atoms with Crippen LogP contribution in [0.4, 0.5) is 0 Å². The molecule has 0 saturated heterocycles. The SMILES string of the molecule is COc1ccc(CN(C)C(C)(C)CN)c(Cl)c1. The van der Waals surface area contributed by atoms with Crippen molar-refractivity contribution in [3.05, 3.63) is 28.8 Å². The zero-order valence-electron chi connectivity index (χ0n) is 11.0. The van der Waals surface area contributed by atoms with E-state index in [9.17, 15) is 0 Å². The first-order valence-electron chi connectivity index (χ1n) is 5.64. The predicted molar refractivity (Wildman–Crippen MR) is 72.6 cm³/mol. The van der Waals surface area contributed by atoms with E-state index in [0.29, 0.717) is 6.54 Å². The Morgan fingerprint density at radius 1 is 1.41 bits per heavy atom. The lowest BCUT2D eigenvalue weighted by Crippen LogP contribution is -2.46. The van der Waals surface area contributed by atoms with Crippen molar-refractivity contribution in [3.8, 4) is 5.75 Å². The van der Waals surface area contributed by atoms with Gasteiger partial charge in [0.1, 0.15) is 5.75 Å². The molecule has 0 atom stereocenters. The second-order valence-electron chi connectivity index (χ2n) is 4.83. The maximum atomic E-state index is 6.21. The summed E-state index contributed by atoms with van der Waals surface area (Å²) in [4.78, 5) is 2.20. The number of nitrogens with two attached hydrogens (primary N) is 1. The lowest BCUT2D eigenvalue weighted by atomic mass is 10.0. The summed E-state index contributed by atoms with van der Waals surface area (Å²) in [7, 11) is 3.68. The monoisotopic (exact) mass is 256 g/mol. The topological polar surface area (TPSA) is 38.5 Å². The van der Waals surface area contributed by atoms with E-state index in [-0.39, 0.29) is 5.54 Å². The highest BCUT2D eigenvalue weighted by Gasteiger charge is 2.22. The minimum atomic E-state index is -0.0384. The van der Waals surface area contributed by atoms with Crippen LogP contribution in [0.3, 0.4) is 0 Å². The highest BCUT2D eigenvalue weighted by atomic mass is 35.5. The van der Waals surface area contributed by atoms with E-state index >= 15 is 0 Å². The van der Waals surface area contributed by atoms with Gasteiger partial charge in [-0.2, -0.15) is 0 Å². The Morgan fingerprint density at radius 3 is 2.53 bits per heavy atom. The summed E-state index contributed by atoms with van der Waals surface area (Å²) in [5.41, 5.74) is 6.79. The van der Waals surface area contributed by atoms with Gasteiger partial charge in [0, 0.05) is 23.7 Å². The molecule has 0 bridgehead atoms. The maximum Gasteiger partial charge on any atom is 0.120 e. The van der Waals surface area contributed by atoms with E-state index in [4.69, 9.17) is 22.1 Å². The Bertz CT molecular complexity index is 380. The molecule has 1 aromatic rings. The number of benzene rings is 1. The Balaban J connectivity index is 2.82. The zero-order chi connectivity index (χ0) is 13.1. The summed E-state index contributed by atoms with van der Waals surface area (Å²) in [5, 5.41) is 0.726. The summed E-state index contributed by atoms with van der Waals surface area (Å²) in [6.07, 6.45) is 0. The van der Waals surface area contributed by atoms with Crippen molar-refractivity contribution in [2.75, 3.05) is 20.7 Å². The number of nitrogens with zero attached hydrogens (tertiary/aromatic N) is 1. The average Bonchev–Trinajstić information content (AvgIpc) is 2.31. The summed E-state index contributed by atoms with van der Waals surface area (Å²) in [5.74, 6) is 0.777. The van der Waals surface area contributed by atoms with Gasteiger partial charge in [0.15, 0.2) is 0 Å². The molecule has 0 amide bonds. The highest BCUT2D eigenvalue weighted by molar-refractivity contribution is 6.31. The number of halogens is 1. The van der Waals surface area contributed by atoms with Gasteiger partial charge >= 0.3 is 0 Å². The van der Waals surface area contributed by atoms with Gasteiger partial charge in [-0.05, 0) is 38.6 Å². The number of hydrogen-bond acceptors (Lipinski definition) is 3. The van der Waals surface area contributed by atoms with E-state index in [2.05, 4.69) is 18.7 Å². The van der Waals surface area contributed by atoms with Crippen molar-refractivity contribution in [2.24, 2.45) is 5.73 Å². The summed E-state index contributed by atoms with van der Waals surface area (Å²) >= 11 is 6.21. The molecular formula is C13H21ClN2O. The predicted octanol–water partition coefficient (Wildman–Crippen LogP) is 2.52. The molecule has 0 aromatic heterocycles. The van der Waals surface area contributed by atoms with Crippen molar-refractivity contribution >= 4 is 11.6 Å². The second kappa shape index (κ2) is 5.71. The third kappa shape index (κ3) is 3.60. The van der Waals surface area contributed by atoms with Gasteiger partial charge in [0.05, 0.1) is 7.11 Å². The molecule has 0 saturated carbocycles. The van der Waals surface area contributed by atoms with Gasteiger partial charge < -0.3 is 10.5 Å². The maximum absolute atomic E-state index is 6.21. The van der Waals surface area contributed by atoms with Gasteiger partial charge in [-0.15, -0.1) is 0 Å². The van der Waals surface area contributed by atoms with E-state index in [0.717, 1.165) is 22.9 Å². The van der Waals surface area contributed by atoms with Gasteiger partial charge in [-0.3, -0.25) is 4.90 Å². The zero-order valence-corrected chi connectivity index (χ0v) is 11.7. The molecule has 0 aliphatic carbocycles. The lowest BCUT2D eigenvalue weighted by Gasteiger charge is -2.34. The molecule has 0 unspecified atom stereocenters. The first-order chi connectivity index (χ1) is 7.90. The van der Waals surface area contributed by atoms with Gasteiger partial charge in [-0.1, -0.05) is 17.7 Å². The molecule has 0 radical (unpaired) electrons. The lowest BCUT2D eigenvalue weighted by molar-refractivity contribution is 0.156. The summed E-state index contributed by atoms with van der Waals surface area (Å²) in [6, 6.07) is 5.74. The highest BCUT2D eigenvalue weighted by Crippen LogP contribution is 2.25. The number of ether oxygens (including phenoxy) is 1. The van der Waals surface area contributed by atoms with Crippen LogP contribution in [-0.2, 0) is 6.54 Å². The number of hydrogen-bond donors (Lipinski definition) is 1. The van der Waals surface area contributed by atoms with Crippen LogP contribution in [0.1, 0.15) is 19.4 Å². The van der Waals surface area contributed by atoms with E-state index in [1.54, 1.807) is 7.11 Å². The Kier molecular flexibility index (Phi) is 4.80. The third-order valence-electron chi connectivity index (χ3n) is 3.20. The summed E-state index contributed by atoms with van der Waals surface area (Å²) in [6.45, 7) is 5.61. The fraction of sp³-hybridized carbons (Fsp3) is 0.538. The van der Waals surface area contributed by atoms with Gasteiger partial charge in [-0.25, -0.2) is 0 Å². The molecule has 0 spiro atoms. The Morgan fingerprint density at radius 2 is 2.06 bits per heavy atom. The van der Waals surface area contributed by atoms with Crippen molar-refractivity contribution in [3.63, 3.8) is 0 Å². The molecule has 0 aliphatic heterocycles. The molecule has 1 aromatic carbocycles. The second-order valence-corrected chi connectivity index (χ2v) is 5.24. The Labute approximate surface area is 109 Å². The van der Waals surface area contributed by atoms with Crippen LogP contribution < -0.4 is 10.5 Å². The quantitative estimate of drug-likeness (QED) is 0.880. The molecule has 0 heterocycles. The van der Waals surface area contributed by atoms with E-state index in [1.807, 2.05) is 25.2 Å². The molecule has 96 valence electrons. The first kappa shape index (κ1) is 14.3. The molecule has 0 aliphatic rings. The summed E-state index contributed by atoms with van der Waals surface area (Å²) < 4.78 is 5.13. The number of likely N-dealkylation sites (N-methyl/N-ethyl adjacent to an activating group) is 1. The van der Waals surface area contributed by atoms with Gasteiger partial charge in [0.2, 0.25) is 0 Å². The molecule has 0 fully saturated rings. The normalized spacial score (nSPS) is 11.9. The van der Waals surface area contributed by atoms with Crippen molar-refractivity contribution < 1.29 is 4.74 Å². The Hall–Kier alpha value is -0.770. The van der Waals surface area contributed by atoms with Crippen LogP contribution in [-0.4, -0.2) is 31.1 Å². The fourth-order valence-electron chi connectivity index (χ4n) is 1.41. The van der Waals surface area contributed by atoms with Crippen LogP contribution >= 0.6 is 11.6 Å². The minimum absolute atomic E-state index is 0.0384. The standard InChI is InChI=1S/C13H21ClN2O/c1-13(2,9-15)16(3)8-10-5-6-11(17-4)7-12(10)14/h5-7H,8-9,15H2,1-4H3. The van der Waals surface area contributed by atoms with Crippen LogP contribution in [0.5, 0.6) is 5.75 Å². The van der Waals surface area contributed by atoms with Crippen molar-refractivity contribution in [2.45, 2.75) is 25.9 Å². The molecule has 2 N–H and O–H groups in total. The molecule has 17 heavy (non-hydrogen) atoms. The van der Waals surface area contributed by atoms with Gasteiger partial charge in [0.25, 0.3) is 0 Å². The van der Waals surface area contributed by atoms with Crippen molar-refractivity contribution in [1.29, 1.82) is 0 Å². The van der Waals surface area contributed by atoms with Crippen molar-refractivity contribution in [1.82, 2.24) is 4.90 Å². The number of methoxy groups -OCH3 is 1. The van der Waals surface area contributed by atoms with E-state index < -0.39 is 0 Å². The first-order valence-corrected chi connectivity index (χ1v) is 6.02. The molecular weight excluding hydrogens is 236 g/mol. The molecule has 3 nitrogen and oxygen atoms in total. The fourth-order valence-corrected chi connectivity index (χ4v) is 1.64. The average molecular weight is 257 g/mol. The van der Waals surface area contributed by atoms with Crippen LogP contribution in [0, 0.1) is 0 Å². The smallest absolute Gasteiger partial charge is 0.120 e. The third-order valence-corrected chi connectivity index (χ3v) is 3.55. The van der Waals surface area contributed by atoms with E-state index in [1.165, 1.54) is 0 Å².